The van der Waals surface area contributed by atoms with Crippen molar-refractivity contribution in [1.29, 1.82) is 0 Å². The van der Waals surface area contributed by atoms with Crippen molar-refractivity contribution in [3.63, 3.8) is 0 Å². The molecular weight excluding hydrogens is 663 g/mol. The second-order valence-corrected chi connectivity index (χ2v) is 13.1. The molecule has 7 aromatic rings. The zero-order valence-electron chi connectivity index (χ0n) is 31.8. The Morgan fingerprint density at radius 1 is 0.741 bits per heavy atom. The summed E-state index contributed by atoms with van der Waals surface area (Å²) >= 11 is 0. The number of hydrogen-bond donors (Lipinski definition) is 1. The van der Waals surface area contributed by atoms with Gasteiger partial charge in [-0.3, -0.25) is 0 Å². The summed E-state index contributed by atoms with van der Waals surface area (Å²) in [5.41, 5.74) is 8.90. The van der Waals surface area contributed by atoms with Gasteiger partial charge in [0.05, 0.1) is 0 Å². The third-order valence-electron chi connectivity index (χ3n) is 9.04. The summed E-state index contributed by atoms with van der Waals surface area (Å²) < 4.78 is 12.4. The molecule has 0 spiro atoms. The van der Waals surface area contributed by atoms with Crippen LogP contribution in [0.25, 0.3) is 49.5 Å². The minimum absolute atomic E-state index is 0.437. The Morgan fingerprint density at radius 2 is 1.35 bits per heavy atom. The van der Waals surface area contributed by atoms with Gasteiger partial charge in [-0.2, -0.15) is 0 Å². The number of amidine groups is 2. The van der Waals surface area contributed by atoms with Crippen LogP contribution in [-0.4, -0.2) is 11.7 Å². The molecule has 0 saturated heterocycles. The number of furan rings is 2. The molecule has 1 aliphatic rings. The molecular formula is C49H49N3O2. The van der Waals surface area contributed by atoms with Gasteiger partial charge < -0.3 is 14.2 Å². The van der Waals surface area contributed by atoms with E-state index in [1.54, 1.807) is 0 Å². The Kier molecular flexibility index (Phi) is 12.5. The van der Waals surface area contributed by atoms with Crippen LogP contribution in [0.2, 0.25) is 0 Å². The first-order valence-electron chi connectivity index (χ1n) is 18.9. The summed E-state index contributed by atoms with van der Waals surface area (Å²) in [4.78, 5) is 10.2. The number of hydrogen-bond acceptors (Lipinski definition) is 5. The molecule has 3 heterocycles. The second-order valence-electron chi connectivity index (χ2n) is 13.1. The van der Waals surface area contributed by atoms with Crippen molar-refractivity contribution >= 4 is 61.1 Å². The summed E-state index contributed by atoms with van der Waals surface area (Å²) in [6.07, 6.45) is 11.8. The quantitative estimate of drug-likeness (QED) is 0.113. The van der Waals surface area contributed by atoms with E-state index in [4.69, 9.17) is 18.8 Å². The minimum atomic E-state index is -0.437. The van der Waals surface area contributed by atoms with Crippen LogP contribution in [0.15, 0.2) is 177 Å². The predicted octanol–water partition coefficient (Wildman–Crippen LogP) is 13.9. The number of nitrogens with one attached hydrogen (secondary N) is 1. The molecule has 0 radical (unpaired) electrons. The van der Waals surface area contributed by atoms with E-state index in [-0.39, 0.29) is 0 Å². The van der Waals surface area contributed by atoms with Crippen LogP contribution in [0.3, 0.4) is 0 Å². The lowest BCUT2D eigenvalue weighted by molar-refractivity contribution is 0.665. The Balaban J connectivity index is 0.000000569. The lowest BCUT2D eigenvalue weighted by atomic mass is 10.0. The maximum absolute atomic E-state index is 6.22. The van der Waals surface area contributed by atoms with Crippen molar-refractivity contribution in [3.05, 3.63) is 175 Å². The van der Waals surface area contributed by atoms with E-state index in [0.717, 1.165) is 84.2 Å². The number of aliphatic imine (C=N–C) groups is 2. The molecule has 5 aromatic carbocycles. The van der Waals surface area contributed by atoms with Gasteiger partial charge in [-0.1, -0.05) is 142 Å². The van der Waals surface area contributed by atoms with E-state index >= 15 is 0 Å². The standard InChI is InChI=1S/C41H31N3O2.C6H12.C2H6/c1-2-3-12-27(28-13-5-4-6-14-28)15-11-20-39-42-40(29-21-23-33-31-16-7-9-18-35(31)45-37(33)25-29)44-41(43-39)30-22-24-34-32-17-8-10-19-36(32)46-38(34)26-30;1-4-5-6(2)3;1-2/h2,4-19,21-26,40H,1,3,20H2,(H,42,43,44);2,4-5H2,1,3H3;1-2H3/b15-11-,27-12+;;. The summed E-state index contributed by atoms with van der Waals surface area (Å²) in [5, 5.41) is 7.90. The molecule has 1 unspecified atom stereocenters. The molecule has 1 aliphatic heterocycles. The highest BCUT2D eigenvalue weighted by atomic mass is 16.3. The third kappa shape index (κ3) is 8.70. The Bertz CT molecular complexity index is 2510. The number of allylic oxidation sites excluding steroid dienone is 5. The van der Waals surface area contributed by atoms with Gasteiger partial charge in [0.25, 0.3) is 0 Å². The largest absolute Gasteiger partial charge is 0.456 e. The highest BCUT2D eigenvalue weighted by Crippen LogP contribution is 2.34. The van der Waals surface area contributed by atoms with E-state index in [9.17, 15) is 0 Å². The lowest BCUT2D eigenvalue weighted by Crippen LogP contribution is -2.35. The molecule has 54 heavy (non-hydrogen) atoms. The molecule has 1 atom stereocenters. The SMILES string of the molecule is C=C(C)CCC.C=CC/C=C(\C=C/CC1=NC(c2ccc3c(c2)oc2ccccc23)N=C(c2ccc3c(c2)oc2ccccc23)N1)c1ccccc1.CC. The van der Waals surface area contributed by atoms with Crippen LogP contribution in [0, 0.1) is 0 Å². The van der Waals surface area contributed by atoms with Gasteiger partial charge in [-0.15, -0.1) is 13.2 Å². The van der Waals surface area contributed by atoms with Gasteiger partial charge in [-0.05, 0) is 61.2 Å². The van der Waals surface area contributed by atoms with Crippen LogP contribution in [0.4, 0.5) is 0 Å². The van der Waals surface area contributed by atoms with E-state index < -0.39 is 6.17 Å². The van der Waals surface area contributed by atoms with Crippen molar-refractivity contribution < 1.29 is 8.83 Å². The van der Waals surface area contributed by atoms with Gasteiger partial charge in [-0.25, -0.2) is 9.98 Å². The molecule has 5 heteroatoms. The molecule has 8 rings (SSSR count). The number of para-hydroxylation sites is 2. The molecule has 0 saturated carbocycles. The van der Waals surface area contributed by atoms with Crippen LogP contribution >= 0.6 is 0 Å². The molecule has 1 N–H and O–H groups in total. The fourth-order valence-electron chi connectivity index (χ4n) is 6.52. The van der Waals surface area contributed by atoms with Gasteiger partial charge in [0, 0.05) is 39.1 Å². The highest BCUT2D eigenvalue weighted by Gasteiger charge is 2.21. The first-order valence-corrected chi connectivity index (χ1v) is 18.9. The van der Waals surface area contributed by atoms with Crippen molar-refractivity contribution in [3.8, 4) is 0 Å². The molecule has 0 amide bonds. The molecule has 0 fully saturated rings. The minimum Gasteiger partial charge on any atom is -0.456 e. The Hall–Kier alpha value is -6.20. The topological polar surface area (TPSA) is 63.0 Å². The predicted molar refractivity (Wildman–Crippen MR) is 231 cm³/mol. The number of nitrogens with zero attached hydrogens (tertiary/aromatic N) is 2. The average Bonchev–Trinajstić information content (AvgIpc) is 3.78. The van der Waals surface area contributed by atoms with Gasteiger partial charge in [0.15, 0.2) is 6.17 Å². The van der Waals surface area contributed by atoms with Gasteiger partial charge in [0.1, 0.15) is 34.0 Å². The maximum atomic E-state index is 6.22. The summed E-state index contributed by atoms with van der Waals surface area (Å²) in [5.74, 6) is 1.58. The summed E-state index contributed by atoms with van der Waals surface area (Å²) in [6, 6.07) is 39.2. The van der Waals surface area contributed by atoms with Crippen molar-refractivity contribution in [1.82, 2.24) is 5.32 Å². The summed E-state index contributed by atoms with van der Waals surface area (Å²) in [7, 11) is 0. The van der Waals surface area contributed by atoms with Crippen LogP contribution in [-0.2, 0) is 0 Å². The van der Waals surface area contributed by atoms with Crippen LogP contribution < -0.4 is 5.32 Å². The molecule has 272 valence electrons. The number of fused-ring (bicyclic) bond motifs is 6. The average molecular weight is 712 g/mol. The van der Waals surface area contributed by atoms with E-state index in [1.165, 1.54) is 18.4 Å². The maximum Gasteiger partial charge on any atom is 0.169 e. The molecule has 0 aliphatic carbocycles. The van der Waals surface area contributed by atoms with Crippen molar-refractivity contribution in [2.24, 2.45) is 9.98 Å². The number of benzene rings is 5. The lowest BCUT2D eigenvalue weighted by Gasteiger charge is -2.21. The molecule has 5 nitrogen and oxygen atoms in total. The van der Waals surface area contributed by atoms with Crippen LogP contribution in [0.1, 0.15) is 76.2 Å². The first-order chi connectivity index (χ1) is 26.5. The Labute approximate surface area is 318 Å². The zero-order chi connectivity index (χ0) is 37.9. The molecule has 0 bridgehead atoms. The highest BCUT2D eigenvalue weighted by molar-refractivity contribution is 6.14. The zero-order valence-corrected chi connectivity index (χ0v) is 31.8. The van der Waals surface area contributed by atoms with Crippen LogP contribution in [0.5, 0.6) is 0 Å². The first kappa shape index (κ1) is 37.6. The Morgan fingerprint density at radius 3 is 1.98 bits per heavy atom. The monoisotopic (exact) mass is 711 g/mol. The fraction of sp³-hybridized carbons (Fsp3) is 0.184. The normalized spacial score (nSPS) is 14.2. The van der Waals surface area contributed by atoms with E-state index in [2.05, 4.69) is 123 Å². The third-order valence-corrected chi connectivity index (χ3v) is 9.04. The van der Waals surface area contributed by atoms with Gasteiger partial charge in [0.2, 0.25) is 0 Å². The summed E-state index contributed by atoms with van der Waals surface area (Å²) in [6.45, 7) is 15.9. The van der Waals surface area contributed by atoms with Crippen molar-refractivity contribution in [2.45, 2.75) is 59.5 Å². The smallest absolute Gasteiger partial charge is 0.169 e. The second kappa shape index (κ2) is 18.0. The molecule has 2 aromatic heterocycles. The van der Waals surface area contributed by atoms with E-state index in [1.807, 2.05) is 62.4 Å². The fourth-order valence-corrected chi connectivity index (χ4v) is 6.52. The number of rotatable bonds is 10. The van der Waals surface area contributed by atoms with Gasteiger partial charge >= 0.3 is 0 Å². The van der Waals surface area contributed by atoms with Crippen molar-refractivity contribution in [2.75, 3.05) is 0 Å². The van der Waals surface area contributed by atoms with E-state index in [0.29, 0.717) is 6.42 Å².